The third kappa shape index (κ3) is 19.6. The lowest BCUT2D eigenvalue weighted by Crippen LogP contribution is -2.14. The number of nitro groups is 1. The number of fused-ring (bicyclic) bond motifs is 5. The van der Waals surface area contributed by atoms with Crippen LogP contribution in [0, 0.1) is 10.1 Å². The normalized spacial score (nSPS) is 11.5. The molecule has 5 heterocycles. The van der Waals surface area contributed by atoms with E-state index in [0.29, 0.717) is 79.1 Å². The number of aromatic amines is 4. The molecule has 0 saturated heterocycles. The minimum Gasteiger partial charge on any atom is -0.497 e. The molecule has 0 spiro atoms. The van der Waals surface area contributed by atoms with Crippen LogP contribution in [0.25, 0.3) is 112 Å². The topological polar surface area (TPSA) is 374 Å². The molecule has 5 aromatic heterocycles. The summed E-state index contributed by atoms with van der Waals surface area (Å²) in [6.07, 6.45) is 1.59. The summed E-state index contributed by atoms with van der Waals surface area (Å²) >= 11 is 22.0. The predicted octanol–water partition coefficient (Wildman–Crippen LogP) is 22.9. The highest BCUT2D eigenvalue weighted by molar-refractivity contribution is 9.08. The van der Waals surface area contributed by atoms with E-state index in [4.69, 9.17) is 44.3 Å². The Labute approximate surface area is 750 Å². The van der Waals surface area contributed by atoms with Crippen LogP contribution in [-0.2, 0) is 45.4 Å². The smallest absolute Gasteiger partial charge is 0.288 e. The largest absolute Gasteiger partial charge is 0.497 e. The number of benzene rings is 14. The number of pyridine rings is 1. The van der Waals surface area contributed by atoms with Gasteiger partial charge in [0, 0.05) is 51.3 Å². The van der Waals surface area contributed by atoms with Crippen molar-refractivity contribution in [1.82, 2.24) is 44.9 Å². The first-order chi connectivity index (χ1) is 61.3. The molecule has 19 aromatic rings. The van der Waals surface area contributed by atoms with Crippen molar-refractivity contribution >= 4 is 174 Å². The predicted molar refractivity (Wildman–Crippen MR) is 503 cm³/mol. The second kappa shape index (κ2) is 37.3. The number of hydrogen-bond acceptors (Lipinski definition) is 17. The van der Waals surface area contributed by atoms with Gasteiger partial charge in [-0.15, -0.1) is 0 Å². The van der Waals surface area contributed by atoms with Crippen LogP contribution < -0.4 is 28.4 Å². The van der Waals surface area contributed by atoms with Crippen LogP contribution >= 0.6 is 50.7 Å². The zero-order valence-corrected chi connectivity index (χ0v) is 73.3. The van der Waals surface area contributed by atoms with Gasteiger partial charge in [0.2, 0.25) is 0 Å². The minimum absolute atomic E-state index is 0.0418. The average Bonchev–Trinajstić information content (AvgIpc) is 1.57. The molecule has 0 saturated carbocycles. The summed E-state index contributed by atoms with van der Waals surface area (Å²) < 4.78 is 126. The quantitative estimate of drug-likeness (QED) is 0.0177. The van der Waals surface area contributed by atoms with Gasteiger partial charge in [0.05, 0.1) is 109 Å². The van der Waals surface area contributed by atoms with E-state index >= 15 is 0 Å². The first kappa shape index (κ1) is 86.2. The van der Waals surface area contributed by atoms with Crippen LogP contribution in [-0.4, -0.2) is 90.6 Å². The van der Waals surface area contributed by atoms with E-state index in [0.717, 1.165) is 72.0 Å². The molecule has 634 valence electrons. The molecule has 34 heteroatoms. The van der Waals surface area contributed by atoms with Crippen molar-refractivity contribution in [2.45, 2.75) is 24.9 Å². The zero-order chi connectivity index (χ0) is 88.6. The van der Waals surface area contributed by atoms with E-state index in [9.17, 15) is 43.8 Å². The molecule has 0 unspecified atom stereocenters. The Morgan fingerprint density at radius 3 is 1.12 bits per heavy atom. The number of sulfonamides is 4. The van der Waals surface area contributed by atoms with Crippen molar-refractivity contribution in [2.75, 3.05) is 26.0 Å². The Kier molecular flexibility index (Phi) is 25.3. The molecule has 14 aromatic carbocycles. The lowest BCUT2D eigenvalue weighted by molar-refractivity contribution is -0.384. The van der Waals surface area contributed by atoms with Crippen LogP contribution in [0.15, 0.2) is 353 Å². The number of methoxy groups -OCH3 is 1. The van der Waals surface area contributed by atoms with Gasteiger partial charge in [0.15, 0.2) is 5.75 Å². The zero-order valence-electron chi connectivity index (χ0n) is 66.2. The van der Waals surface area contributed by atoms with Crippen molar-refractivity contribution in [2.24, 2.45) is 0 Å². The number of anilines is 4. The van der Waals surface area contributed by atoms with Gasteiger partial charge in [-0.2, -0.15) is 0 Å². The Hall–Kier alpha value is -14.3. The summed E-state index contributed by atoms with van der Waals surface area (Å²) in [5.41, 5.74) is 14.0. The number of nitro benzene ring substituents is 1. The molecule has 0 aliphatic rings. The molecule has 26 nitrogen and oxygen atoms in total. The molecule has 0 amide bonds. The van der Waals surface area contributed by atoms with Gasteiger partial charge in [-0.05, 0) is 180 Å². The van der Waals surface area contributed by atoms with E-state index in [-0.39, 0.29) is 51.8 Å². The Morgan fingerprint density at radius 1 is 0.378 bits per heavy atom. The van der Waals surface area contributed by atoms with E-state index in [1.807, 2.05) is 170 Å². The molecule has 0 fully saturated rings. The van der Waals surface area contributed by atoms with Crippen LogP contribution in [0.4, 0.5) is 28.4 Å². The summed E-state index contributed by atoms with van der Waals surface area (Å²) in [4.78, 5) is 46.2. The van der Waals surface area contributed by atoms with Crippen molar-refractivity contribution in [3.8, 4) is 73.9 Å². The van der Waals surface area contributed by atoms with E-state index in [2.05, 4.69) is 79.7 Å². The Morgan fingerprint density at radius 2 is 0.732 bits per heavy atom. The highest BCUT2D eigenvalue weighted by atomic mass is 79.9. The molecule has 0 bridgehead atoms. The fourth-order valence-corrected chi connectivity index (χ4v) is 19.4. The van der Waals surface area contributed by atoms with Crippen molar-refractivity contribution in [3.63, 3.8) is 0 Å². The van der Waals surface area contributed by atoms with Crippen LogP contribution in [0.2, 0.25) is 15.1 Å². The van der Waals surface area contributed by atoms with Gasteiger partial charge in [-0.3, -0.25) is 34.0 Å². The molecule has 0 aliphatic heterocycles. The number of hydrogen-bond donors (Lipinski definition) is 8. The number of halogens is 4. The second-order valence-electron chi connectivity index (χ2n) is 28.1. The summed E-state index contributed by atoms with van der Waals surface area (Å²) in [7, 11) is -13.9. The molecule has 8 N–H and O–H groups in total. The Bertz CT molecular complexity index is 7690. The molecular formula is C93H68BrCl3N14O12S4. The van der Waals surface area contributed by atoms with Crippen molar-refractivity contribution in [3.05, 3.63) is 365 Å². The van der Waals surface area contributed by atoms with Gasteiger partial charge in [0.1, 0.15) is 44.7 Å². The van der Waals surface area contributed by atoms with E-state index in [1.54, 1.807) is 141 Å². The number of aromatic nitrogens is 9. The van der Waals surface area contributed by atoms with E-state index in [1.165, 1.54) is 30.3 Å². The fraction of sp³-hybridized carbons (Fsp3) is 0.0215. The maximum Gasteiger partial charge on any atom is 0.288 e. The number of para-hydroxylation sites is 13. The number of imidazole rings is 4. The number of nitrogens with zero attached hydrogens (tertiary/aromatic N) is 6. The SMILES string of the molecule is COc1ccc(-c2ccc(S(=O)(=O)Nc3ccccc3-c3nc4ccccc4[nH]3)cc2)cc1.O=S(=O)(Nc1ccccc1-c1nc2ccccc2[nH]1)c1ccc(CBr)cc1.O=S(=O)(Nc1ccccc1-c1nc2ccccc2[nH]1)c1cccc2cccnc12.O=[N+]([O-])c1ccc(Oc2c(Cl)cc(S(=O)(=O)Nc3ccccc3-c3nc4ccccc4[nH]3)cc2Cl)cc1Cl. The van der Waals surface area contributed by atoms with Crippen molar-refractivity contribution < 1.29 is 48.1 Å². The molecule has 127 heavy (non-hydrogen) atoms. The molecular weight excluding hydrogens is 1820 g/mol. The van der Waals surface area contributed by atoms with E-state index < -0.39 is 45.0 Å². The summed E-state index contributed by atoms with van der Waals surface area (Å²) in [6, 6.07) is 94.9. The molecule has 0 radical (unpaired) electrons. The third-order valence-corrected chi connectivity index (χ3v) is 26.8. The second-order valence-corrected chi connectivity index (χ2v) is 36.5. The first-order valence-corrected chi connectivity index (χ1v) is 46.6. The minimum atomic E-state index is -4.14. The number of ether oxygens (including phenoxy) is 2. The molecule has 19 rings (SSSR count). The maximum absolute atomic E-state index is 13.3. The molecule has 0 aliphatic carbocycles. The van der Waals surface area contributed by atoms with Gasteiger partial charge >= 0.3 is 0 Å². The van der Waals surface area contributed by atoms with Crippen LogP contribution in [0.3, 0.4) is 0 Å². The Balaban J connectivity index is 0.000000125. The number of nitrogens with one attached hydrogen (secondary N) is 8. The maximum atomic E-state index is 13.3. The van der Waals surface area contributed by atoms with Gasteiger partial charge in [-0.1, -0.05) is 202 Å². The standard InChI is InChI=1S/C26H21N3O3S.C25H15Cl3N4O5S.C22H16N4O2S.C20H16BrN3O2S/c1-32-20-14-10-18(11-15-20)19-12-16-21(17-13-19)33(30,31)29-23-7-3-2-6-22(23)26-27-24-8-4-5-9-25(24)28-26;26-17-11-14(9-10-23(17)32(33)34)37-24-18(27)12-15(13-19(24)28)38(35,36)31-20-6-2-1-5-16(20)25-29-21-7-3-4-8-22(21)30-25;27-29(28,20-13-5-7-15-8-6-14-23-21(15)20)26-17-10-2-1-9-16(17)22-24-18-11-3-4-12-19(18)25-22;21-13-14-9-11-15(12-10-14)27(25,26)24-17-6-2-1-5-16(17)20-22-18-7-3-4-8-19(18)23-20/h2-17,29H,1H3,(H,27,28);1-13,31H,(H,29,30);1-14,26H,(H,24,25);1-12,24H,13H2,(H,22,23). The summed E-state index contributed by atoms with van der Waals surface area (Å²) in [5, 5.41) is 12.1. The highest BCUT2D eigenvalue weighted by Gasteiger charge is 2.27. The monoisotopic (exact) mass is 1880 g/mol. The summed E-state index contributed by atoms with van der Waals surface area (Å²) in [6.45, 7) is 0. The summed E-state index contributed by atoms with van der Waals surface area (Å²) in [5.74, 6) is 3.16. The fourth-order valence-electron chi connectivity index (χ4n) is 13.5. The molecule has 0 atom stereocenters. The van der Waals surface area contributed by atoms with Gasteiger partial charge < -0.3 is 29.4 Å². The average molecular weight is 1890 g/mol. The van der Waals surface area contributed by atoms with Crippen LogP contribution in [0.1, 0.15) is 5.56 Å². The van der Waals surface area contributed by atoms with Crippen molar-refractivity contribution in [1.29, 1.82) is 0 Å². The number of H-pyrrole nitrogens is 4. The van der Waals surface area contributed by atoms with Gasteiger partial charge in [0.25, 0.3) is 45.8 Å². The highest BCUT2D eigenvalue weighted by Crippen LogP contribution is 2.42. The van der Waals surface area contributed by atoms with Gasteiger partial charge in [-0.25, -0.2) is 53.6 Å². The number of alkyl halides is 1. The first-order valence-electron chi connectivity index (χ1n) is 38.5. The number of rotatable bonds is 22. The van der Waals surface area contributed by atoms with Crippen LogP contribution in [0.5, 0.6) is 17.2 Å². The lowest BCUT2D eigenvalue weighted by atomic mass is 10.1. The lowest BCUT2D eigenvalue weighted by Gasteiger charge is -2.14. The third-order valence-electron chi connectivity index (χ3n) is 19.7.